The number of hydrogen-bond donors (Lipinski definition) is 0. The molecule has 2 heteroatoms. The lowest BCUT2D eigenvalue weighted by atomic mass is 9.97. The number of para-hydroxylation sites is 1. The molecule has 1 aromatic heterocycles. The van der Waals surface area contributed by atoms with E-state index in [-0.39, 0.29) is 0 Å². The van der Waals surface area contributed by atoms with Crippen LogP contribution >= 0.6 is 0 Å². The minimum atomic E-state index is 1.12. The Kier molecular flexibility index (Phi) is 6.53. The van der Waals surface area contributed by atoms with Crippen LogP contribution in [0.3, 0.4) is 0 Å². The fraction of sp³-hybridized carbons (Fsp3) is 0. The summed E-state index contributed by atoms with van der Waals surface area (Å²) in [6.45, 7) is 0. The largest absolute Gasteiger partial charge is 0.310 e. The molecule has 50 heavy (non-hydrogen) atoms. The Morgan fingerprint density at radius 3 is 1.74 bits per heavy atom. The Balaban J connectivity index is 1.11. The van der Waals surface area contributed by atoms with Crippen molar-refractivity contribution in [3.63, 3.8) is 0 Å². The summed E-state index contributed by atoms with van der Waals surface area (Å²) in [4.78, 5) is 2.36. The van der Waals surface area contributed by atoms with Gasteiger partial charge >= 0.3 is 0 Å². The second-order valence-corrected chi connectivity index (χ2v) is 13.0. The van der Waals surface area contributed by atoms with Crippen molar-refractivity contribution >= 4 is 60.4 Å². The number of anilines is 3. The quantitative estimate of drug-likeness (QED) is 0.165. The molecule has 0 bridgehead atoms. The van der Waals surface area contributed by atoms with E-state index in [1.54, 1.807) is 0 Å². The van der Waals surface area contributed by atoms with Crippen LogP contribution in [0.4, 0.5) is 17.1 Å². The molecule has 0 saturated heterocycles. The summed E-state index contributed by atoms with van der Waals surface area (Å²) >= 11 is 0. The van der Waals surface area contributed by atoms with Crippen molar-refractivity contribution in [2.24, 2.45) is 0 Å². The average Bonchev–Trinajstić information content (AvgIpc) is 3.53. The molecule has 234 valence electrons. The van der Waals surface area contributed by atoms with Gasteiger partial charge in [0.2, 0.25) is 0 Å². The van der Waals surface area contributed by atoms with Gasteiger partial charge in [0.25, 0.3) is 0 Å². The molecular formula is C48H32N2. The topological polar surface area (TPSA) is 8.17 Å². The van der Waals surface area contributed by atoms with E-state index >= 15 is 0 Å². The molecule has 0 aliphatic carbocycles. The van der Waals surface area contributed by atoms with E-state index in [9.17, 15) is 0 Å². The number of nitrogens with zero attached hydrogens (tertiary/aromatic N) is 2. The Labute approximate surface area is 291 Å². The lowest BCUT2D eigenvalue weighted by molar-refractivity contribution is 1.18. The number of fused-ring (bicyclic) bond motifs is 1. The lowest BCUT2D eigenvalue weighted by Gasteiger charge is -2.27. The Morgan fingerprint density at radius 1 is 0.340 bits per heavy atom. The maximum absolute atomic E-state index is 2.44. The van der Waals surface area contributed by atoms with Crippen LogP contribution in [-0.4, -0.2) is 4.57 Å². The van der Waals surface area contributed by atoms with Crippen molar-refractivity contribution in [3.8, 4) is 27.9 Å². The maximum atomic E-state index is 2.44. The zero-order valence-corrected chi connectivity index (χ0v) is 27.4. The van der Waals surface area contributed by atoms with Gasteiger partial charge < -0.3 is 9.47 Å². The number of hydrogen-bond acceptors (Lipinski definition) is 1. The van der Waals surface area contributed by atoms with Crippen LogP contribution in [0.2, 0.25) is 0 Å². The standard InChI is InChI=1S/C48H32N2/c1-3-11-33(12-4-1)34-23-29-42(30-24-34)50-45-20-10-15-37-21-22-38-31-39(32-46(50)48(38)47(37)45)35-25-27-41(28-26-35)49(40-16-5-2-6-17-40)44-19-9-14-36-13-7-8-18-43(36)44/h1-32H. The van der Waals surface area contributed by atoms with Crippen molar-refractivity contribution in [1.82, 2.24) is 4.57 Å². The van der Waals surface area contributed by atoms with E-state index in [0.29, 0.717) is 0 Å². The Hall–Kier alpha value is -6.64. The summed E-state index contributed by atoms with van der Waals surface area (Å²) in [5.41, 5.74) is 11.9. The van der Waals surface area contributed by atoms with E-state index in [2.05, 4.69) is 204 Å². The van der Waals surface area contributed by atoms with E-state index in [4.69, 9.17) is 0 Å². The zero-order chi connectivity index (χ0) is 33.0. The van der Waals surface area contributed by atoms with Gasteiger partial charge in [0.1, 0.15) is 0 Å². The summed E-state index contributed by atoms with van der Waals surface area (Å²) in [5.74, 6) is 0. The Bertz CT molecular complexity index is 2770. The molecule has 0 saturated carbocycles. The Morgan fingerprint density at radius 2 is 0.920 bits per heavy atom. The molecule has 1 heterocycles. The van der Waals surface area contributed by atoms with Crippen LogP contribution in [0.15, 0.2) is 194 Å². The molecule has 0 aliphatic heterocycles. The van der Waals surface area contributed by atoms with Crippen LogP contribution in [0.25, 0.3) is 71.3 Å². The predicted molar refractivity (Wildman–Crippen MR) is 213 cm³/mol. The molecule has 10 aromatic rings. The molecule has 0 N–H and O–H groups in total. The summed E-state index contributed by atoms with van der Waals surface area (Å²) in [7, 11) is 0. The van der Waals surface area contributed by atoms with Crippen LogP contribution in [0.5, 0.6) is 0 Å². The molecule has 0 atom stereocenters. The highest BCUT2D eigenvalue weighted by Gasteiger charge is 2.19. The summed E-state index contributed by atoms with van der Waals surface area (Å²) in [5, 5.41) is 7.62. The van der Waals surface area contributed by atoms with Gasteiger partial charge in [0, 0.05) is 33.2 Å². The van der Waals surface area contributed by atoms with E-state index < -0.39 is 0 Å². The molecule has 0 spiro atoms. The van der Waals surface area contributed by atoms with Crippen molar-refractivity contribution in [1.29, 1.82) is 0 Å². The monoisotopic (exact) mass is 636 g/mol. The summed E-state index contributed by atoms with van der Waals surface area (Å²) < 4.78 is 2.44. The van der Waals surface area contributed by atoms with Crippen molar-refractivity contribution in [3.05, 3.63) is 194 Å². The molecule has 9 aromatic carbocycles. The number of benzene rings is 9. The van der Waals surface area contributed by atoms with Gasteiger partial charge in [-0.2, -0.15) is 0 Å². The third-order valence-electron chi connectivity index (χ3n) is 10.1. The van der Waals surface area contributed by atoms with Crippen LogP contribution in [-0.2, 0) is 0 Å². The molecule has 2 nitrogen and oxygen atoms in total. The highest BCUT2D eigenvalue weighted by atomic mass is 15.1. The molecule has 0 amide bonds. The van der Waals surface area contributed by atoms with Gasteiger partial charge in [-0.25, -0.2) is 0 Å². The fourth-order valence-electron chi connectivity index (χ4n) is 7.78. The SMILES string of the molecule is c1ccc(-c2ccc(-n3c4cccc5ccc6cc(-c7ccc(N(c8ccccc8)c8cccc9ccccc89)cc7)cc3c6c54)cc2)cc1. The van der Waals surface area contributed by atoms with Gasteiger partial charge in [-0.05, 0) is 99.1 Å². The maximum Gasteiger partial charge on any atom is 0.0553 e. The highest BCUT2D eigenvalue weighted by molar-refractivity contribution is 6.25. The third kappa shape index (κ3) is 4.57. The minimum absolute atomic E-state index is 1.12. The number of rotatable bonds is 6. The van der Waals surface area contributed by atoms with Crippen molar-refractivity contribution in [2.75, 3.05) is 4.90 Å². The fourth-order valence-corrected chi connectivity index (χ4v) is 7.78. The first kappa shape index (κ1) is 28.4. The molecule has 0 unspecified atom stereocenters. The molecule has 10 rings (SSSR count). The third-order valence-corrected chi connectivity index (χ3v) is 10.1. The van der Waals surface area contributed by atoms with Gasteiger partial charge in [-0.1, -0.05) is 133 Å². The molecular weight excluding hydrogens is 605 g/mol. The summed E-state index contributed by atoms with van der Waals surface area (Å²) in [6.07, 6.45) is 0. The van der Waals surface area contributed by atoms with Crippen molar-refractivity contribution in [2.45, 2.75) is 0 Å². The zero-order valence-electron chi connectivity index (χ0n) is 27.4. The first-order valence-corrected chi connectivity index (χ1v) is 17.2. The average molecular weight is 637 g/mol. The van der Waals surface area contributed by atoms with Gasteiger partial charge in [0.05, 0.1) is 16.7 Å². The second-order valence-electron chi connectivity index (χ2n) is 13.0. The molecule has 0 aliphatic rings. The van der Waals surface area contributed by atoms with Gasteiger partial charge in [-0.15, -0.1) is 0 Å². The first-order chi connectivity index (χ1) is 24.8. The second kappa shape index (κ2) is 11.5. The lowest BCUT2D eigenvalue weighted by Crippen LogP contribution is -2.10. The van der Waals surface area contributed by atoms with Crippen LogP contribution in [0.1, 0.15) is 0 Å². The van der Waals surface area contributed by atoms with Gasteiger partial charge in [-0.3, -0.25) is 0 Å². The molecule has 0 fully saturated rings. The number of aromatic nitrogens is 1. The van der Waals surface area contributed by atoms with Crippen LogP contribution in [0, 0.1) is 0 Å². The van der Waals surface area contributed by atoms with Gasteiger partial charge in [0.15, 0.2) is 0 Å². The normalized spacial score (nSPS) is 11.6. The smallest absolute Gasteiger partial charge is 0.0553 e. The predicted octanol–water partition coefficient (Wildman–Crippen LogP) is 13.3. The van der Waals surface area contributed by atoms with E-state index in [0.717, 1.165) is 22.7 Å². The molecule has 0 radical (unpaired) electrons. The van der Waals surface area contributed by atoms with Crippen LogP contribution < -0.4 is 4.90 Å². The van der Waals surface area contributed by atoms with E-state index in [1.165, 1.54) is 65.6 Å². The summed E-state index contributed by atoms with van der Waals surface area (Å²) in [6, 6.07) is 70.4. The van der Waals surface area contributed by atoms with E-state index in [1.807, 2.05) is 0 Å². The van der Waals surface area contributed by atoms with Crippen molar-refractivity contribution < 1.29 is 0 Å². The highest BCUT2D eigenvalue weighted by Crippen LogP contribution is 2.43. The minimum Gasteiger partial charge on any atom is -0.310 e. The first-order valence-electron chi connectivity index (χ1n) is 17.2.